The van der Waals surface area contributed by atoms with Crippen LogP contribution in [-0.4, -0.2) is 137 Å². The molecule has 0 spiro atoms. The van der Waals surface area contributed by atoms with Gasteiger partial charge < -0.3 is 5.32 Å². The van der Waals surface area contributed by atoms with Crippen molar-refractivity contribution in [1.29, 1.82) is 0 Å². The maximum atomic E-state index is 13.3. The Kier molecular flexibility index (Phi) is 9.27. The van der Waals surface area contributed by atoms with Gasteiger partial charge in [-0.3, -0.25) is 24.3 Å². The molecule has 3 saturated heterocycles. The molecule has 0 saturated carbocycles. The van der Waals surface area contributed by atoms with Crippen molar-refractivity contribution in [3.05, 3.63) is 41.0 Å². The van der Waals surface area contributed by atoms with Crippen LogP contribution in [-0.2, 0) is 29.4 Å². The van der Waals surface area contributed by atoms with E-state index in [1.165, 1.54) is 10.6 Å². The van der Waals surface area contributed by atoms with Crippen LogP contribution in [0.5, 0.6) is 0 Å². The van der Waals surface area contributed by atoms with Crippen LogP contribution < -0.4 is 5.32 Å². The Hall–Kier alpha value is -2.16. The van der Waals surface area contributed by atoms with Gasteiger partial charge in [0.05, 0.1) is 29.4 Å². The molecule has 3 heterocycles. The van der Waals surface area contributed by atoms with Crippen LogP contribution in [0.15, 0.2) is 29.8 Å². The highest BCUT2D eigenvalue weighted by atomic mass is 32.2. The molecule has 5 rings (SSSR count). The van der Waals surface area contributed by atoms with Crippen molar-refractivity contribution in [2.45, 2.75) is 49.9 Å². The van der Waals surface area contributed by atoms with E-state index in [2.05, 4.69) is 10.2 Å². The number of rotatable bonds is 10. The highest BCUT2D eigenvalue weighted by Gasteiger charge is 2.42. The van der Waals surface area contributed by atoms with Crippen LogP contribution in [0, 0.1) is 0 Å². The summed E-state index contributed by atoms with van der Waals surface area (Å²) in [4.78, 5) is 32.8. The zero-order valence-electron chi connectivity index (χ0n) is 24.7. The van der Waals surface area contributed by atoms with Crippen molar-refractivity contribution in [3.8, 4) is 0 Å². The average Bonchev–Trinajstić information content (AvgIpc) is 3.17. The average molecular weight is 622 g/mol. The van der Waals surface area contributed by atoms with E-state index >= 15 is 0 Å². The maximum Gasteiger partial charge on any atom is 0.255 e. The number of sulfonamides is 1. The standard InChI is InChI=1S/C29H43N5O6S2/c1-31(2)27-25-7-5-4-6-21(25)18-26(28(27)35)29(36)30-22-19-23-8-9-24(20-22)34(23)15-17-42(39,40)16-14-32-10-12-33(13-11-32)41(3,37)38/h4-7,18,22-24,27H,8-17,19-20H2,1-3H3,(H,30,36). The number of fused-ring (bicyclic) bond motifs is 3. The lowest BCUT2D eigenvalue weighted by atomic mass is 9.85. The number of Topliss-reactive ketones (excluding diaryl/α,β-unsaturated/α-hetero) is 1. The molecule has 13 heteroatoms. The number of benzene rings is 1. The molecule has 1 aromatic rings. The highest BCUT2D eigenvalue weighted by Crippen LogP contribution is 2.36. The molecule has 232 valence electrons. The predicted molar refractivity (Wildman–Crippen MR) is 162 cm³/mol. The van der Waals surface area contributed by atoms with Gasteiger partial charge in [0, 0.05) is 57.4 Å². The number of amides is 1. The van der Waals surface area contributed by atoms with Crippen LogP contribution in [0.2, 0.25) is 0 Å². The van der Waals surface area contributed by atoms with E-state index in [-0.39, 0.29) is 46.9 Å². The van der Waals surface area contributed by atoms with Gasteiger partial charge in [-0.25, -0.2) is 16.8 Å². The first-order chi connectivity index (χ1) is 19.8. The minimum absolute atomic E-state index is 0.0582. The van der Waals surface area contributed by atoms with Gasteiger partial charge in [-0.15, -0.1) is 0 Å². The molecule has 1 aliphatic carbocycles. The fraction of sp³-hybridized carbons (Fsp3) is 0.655. The number of piperazine rings is 1. The van der Waals surface area contributed by atoms with Gasteiger partial charge in [0.1, 0.15) is 0 Å². The summed E-state index contributed by atoms with van der Waals surface area (Å²) in [5.74, 6) is -0.376. The third kappa shape index (κ3) is 6.97. The first kappa shape index (κ1) is 31.3. The molecule has 1 N–H and O–H groups in total. The first-order valence-corrected chi connectivity index (χ1v) is 18.4. The van der Waals surface area contributed by atoms with Crippen molar-refractivity contribution < 1.29 is 26.4 Å². The zero-order valence-corrected chi connectivity index (χ0v) is 26.4. The molecule has 3 aliphatic heterocycles. The minimum Gasteiger partial charge on any atom is -0.349 e. The summed E-state index contributed by atoms with van der Waals surface area (Å²) >= 11 is 0. The van der Waals surface area contributed by atoms with Crippen LogP contribution in [0.4, 0.5) is 0 Å². The largest absolute Gasteiger partial charge is 0.349 e. The van der Waals surface area contributed by atoms with E-state index in [0.29, 0.717) is 39.3 Å². The molecule has 11 nitrogen and oxygen atoms in total. The van der Waals surface area contributed by atoms with E-state index in [0.717, 1.165) is 36.8 Å². The summed E-state index contributed by atoms with van der Waals surface area (Å²) in [6.45, 7) is 2.75. The summed E-state index contributed by atoms with van der Waals surface area (Å²) in [5.41, 5.74) is 1.97. The number of nitrogens with zero attached hydrogens (tertiary/aromatic N) is 4. The van der Waals surface area contributed by atoms with Crippen LogP contribution in [0.1, 0.15) is 42.9 Å². The van der Waals surface area contributed by atoms with Gasteiger partial charge in [0.25, 0.3) is 5.91 Å². The van der Waals surface area contributed by atoms with Gasteiger partial charge in [-0.2, -0.15) is 4.31 Å². The second kappa shape index (κ2) is 12.4. The molecule has 3 atom stereocenters. The Morgan fingerprint density at radius 2 is 1.57 bits per heavy atom. The fourth-order valence-corrected chi connectivity index (χ4v) is 9.07. The van der Waals surface area contributed by atoms with Gasteiger partial charge in [-0.1, -0.05) is 24.3 Å². The molecule has 2 bridgehead atoms. The Morgan fingerprint density at radius 1 is 0.952 bits per heavy atom. The number of hydrogen-bond donors (Lipinski definition) is 1. The number of nitrogens with one attached hydrogen (secondary N) is 1. The lowest BCUT2D eigenvalue weighted by Gasteiger charge is -2.39. The van der Waals surface area contributed by atoms with Crippen molar-refractivity contribution in [1.82, 2.24) is 24.3 Å². The smallest absolute Gasteiger partial charge is 0.255 e. The second-order valence-electron chi connectivity index (χ2n) is 12.3. The van der Waals surface area contributed by atoms with E-state index in [1.54, 1.807) is 6.08 Å². The lowest BCUT2D eigenvalue weighted by Crippen LogP contribution is -2.52. The highest BCUT2D eigenvalue weighted by molar-refractivity contribution is 7.91. The molecular weight excluding hydrogens is 578 g/mol. The van der Waals surface area contributed by atoms with E-state index in [1.807, 2.05) is 48.2 Å². The van der Waals surface area contributed by atoms with Crippen molar-refractivity contribution in [3.63, 3.8) is 0 Å². The Balaban J connectivity index is 1.12. The molecular formula is C29H43N5O6S2. The monoisotopic (exact) mass is 621 g/mol. The molecule has 3 unspecified atom stereocenters. The van der Waals surface area contributed by atoms with Crippen LogP contribution in [0.25, 0.3) is 6.08 Å². The summed E-state index contributed by atoms with van der Waals surface area (Å²) in [6, 6.07) is 7.53. The molecule has 3 fully saturated rings. The van der Waals surface area contributed by atoms with Gasteiger partial charge in [0.2, 0.25) is 10.0 Å². The summed E-state index contributed by atoms with van der Waals surface area (Å²) in [5, 5.41) is 3.13. The molecule has 4 aliphatic rings. The zero-order chi connectivity index (χ0) is 30.2. The van der Waals surface area contributed by atoms with Gasteiger partial charge in [0.15, 0.2) is 15.6 Å². The van der Waals surface area contributed by atoms with E-state index < -0.39 is 25.9 Å². The number of hydrogen-bond acceptors (Lipinski definition) is 9. The fourth-order valence-electron chi connectivity index (χ4n) is 7.02. The topological polar surface area (TPSA) is 127 Å². The quantitative estimate of drug-likeness (QED) is 0.369. The number of piperidine rings is 1. The van der Waals surface area contributed by atoms with E-state index in [4.69, 9.17) is 0 Å². The molecule has 1 aromatic carbocycles. The SMILES string of the molecule is CN(C)C1C(=O)C(C(=O)NC2CC3CCC(C2)N3CCS(=O)(=O)CCN2CCN(S(C)(=O)=O)CC2)=Cc2ccccc21. The lowest BCUT2D eigenvalue weighted by molar-refractivity contribution is -0.125. The number of sulfone groups is 1. The van der Waals surface area contributed by atoms with Crippen molar-refractivity contribution >= 4 is 37.6 Å². The third-order valence-electron chi connectivity index (χ3n) is 9.26. The maximum absolute atomic E-state index is 13.3. The second-order valence-corrected chi connectivity index (χ2v) is 16.6. The third-order valence-corrected chi connectivity index (χ3v) is 12.2. The molecule has 1 amide bonds. The summed E-state index contributed by atoms with van der Waals surface area (Å²) in [6.07, 6.45) is 6.32. The Morgan fingerprint density at radius 3 is 2.19 bits per heavy atom. The van der Waals surface area contributed by atoms with Crippen LogP contribution in [0.3, 0.4) is 0 Å². The van der Waals surface area contributed by atoms with E-state index in [9.17, 15) is 26.4 Å². The molecule has 0 radical (unpaired) electrons. The molecule has 42 heavy (non-hydrogen) atoms. The Labute approximate surface area is 249 Å². The number of ketones is 1. The van der Waals surface area contributed by atoms with Crippen LogP contribution >= 0.6 is 0 Å². The Bertz CT molecular complexity index is 1420. The first-order valence-electron chi connectivity index (χ1n) is 14.8. The summed E-state index contributed by atoms with van der Waals surface area (Å²) < 4.78 is 50.6. The van der Waals surface area contributed by atoms with Crippen molar-refractivity contribution in [2.75, 3.05) is 71.1 Å². The number of carbonyl (C=O) groups is 2. The normalized spacial score (nSPS) is 27.6. The summed E-state index contributed by atoms with van der Waals surface area (Å²) in [7, 11) is -2.79. The van der Waals surface area contributed by atoms with Crippen molar-refractivity contribution in [2.24, 2.45) is 0 Å². The van der Waals surface area contributed by atoms with Gasteiger partial charge >= 0.3 is 0 Å². The van der Waals surface area contributed by atoms with Gasteiger partial charge in [-0.05, 0) is 57.0 Å². The number of carbonyl (C=O) groups excluding carboxylic acids is 2. The molecule has 0 aromatic heterocycles. The number of likely N-dealkylation sites (N-methyl/N-ethyl adjacent to an activating group) is 1. The predicted octanol–water partition coefficient (Wildman–Crippen LogP) is 0.359. The minimum atomic E-state index is -3.27.